The van der Waals surface area contributed by atoms with Gasteiger partial charge in [0, 0.05) is 46.2 Å². The summed E-state index contributed by atoms with van der Waals surface area (Å²) in [7, 11) is 3.58. The molecule has 0 aromatic rings. The molecule has 1 N–H and O–H groups in total. The first kappa shape index (κ1) is 13.8. The molecule has 104 valence electrons. The molecule has 0 aromatic heterocycles. The molecule has 1 amide bonds. The molecule has 2 aliphatic rings. The lowest BCUT2D eigenvalue weighted by Crippen LogP contribution is -2.49. The summed E-state index contributed by atoms with van der Waals surface area (Å²) in [5, 5.41) is 3.32. The Kier molecular flexibility index (Phi) is 4.97. The Morgan fingerprint density at radius 2 is 2.33 bits per heavy atom. The van der Waals surface area contributed by atoms with E-state index in [-0.39, 0.29) is 12.0 Å². The van der Waals surface area contributed by atoms with E-state index >= 15 is 0 Å². The number of hydrogen-bond acceptors (Lipinski definition) is 4. The van der Waals surface area contributed by atoms with E-state index in [0.29, 0.717) is 12.5 Å². The van der Waals surface area contributed by atoms with Crippen LogP contribution in [0.25, 0.3) is 0 Å². The summed E-state index contributed by atoms with van der Waals surface area (Å²) < 4.78 is 5.85. The number of carbonyl (C=O) groups excluding carboxylic acids is 1. The van der Waals surface area contributed by atoms with Crippen LogP contribution in [0.2, 0.25) is 0 Å². The third-order valence-corrected chi connectivity index (χ3v) is 3.85. The molecule has 2 atom stereocenters. The number of nitrogens with zero attached hydrogens (tertiary/aromatic N) is 2. The molecule has 5 heteroatoms. The Morgan fingerprint density at radius 3 is 3.11 bits per heavy atom. The van der Waals surface area contributed by atoms with Crippen molar-refractivity contribution < 1.29 is 9.53 Å². The van der Waals surface area contributed by atoms with E-state index in [0.717, 1.165) is 26.2 Å². The lowest BCUT2D eigenvalue weighted by molar-refractivity contribution is -0.128. The minimum absolute atomic E-state index is 0.173. The molecule has 18 heavy (non-hydrogen) atoms. The van der Waals surface area contributed by atoms with Gasteiger partial charge in [-0.25, -0.2) is 0 Å². The summed E-state index contributed by atoms with van der Waals surface area (Å²) in [5.74, 6) is 0.173. The van der Waals surface area contributed by atoms with Crippen LogP contribution in [0, 0.1) is 0 Å². The SMILES string of the molecule is CN(C)C(=O)CCNCC1CN2CCCC2CO1. The van der Waals surface area contributed by atoms with Crippen molar-refractivity contribution in [1.29, 1.82) is 0 Å². The normalized spacial score (nSPS) is 28.1. The lowest BCUT2D eigenvalue weighted by atomic mass is 10.2. The van der Waals surface area contributed by atoms with E-state index < -0.39 is 0 Å². The van der Waals surface area contributed by atoms with Gasteiger partial charge in [0.05, 0.1) is 12.7 Å². The zero-order valence-electron chi connectivity index (χ0n) is 11.5. The predicted molar refractivity (Wildman–Crippen MR) is 70.5 cm³/mol. The third-order valence-electron chi connectivity index (χ3n) is 3.85. The van der Waals surface area contributed by atoms with Gasteiger partial charge in [-0.05, 0) is 19.4 Å². The average molecular weight is 255 g/mol. The maximum atomic E-state index is 11.4. The zero-order valence-corrected chi connectivity index (χ0v) is 11.5. The van der Waals surface area contributed by atoms with Crippen molar-refractivity contribution in [2.45, 2.75) is 31.4 Å². The number of hydrogen-bond donors (Lipinski definition) is 1. The van der Waals surface area contributed by atoms with Crippen molar-refractivity contribution in [3.05, 3.63) is 0 Å². The number of amides is 1. The fourth-order valence-electron chi connectivity index (χ4n) is 2.69. The van der Waals surface area contributed by atoms with E-state index in [1.807, 2.05) is 0 Å². The van der Waals surface area contributed by atoms with Crippen LogP contribution < -0.4 is 5.32 Å². The van der Waals surface area contributed by atoms with Gasteiger partial charge in [0.15, 0.2) is 0 Å². The van der Waals surface area contributed by atoms with Crippen LogP contribution in [0.15, 0.2) is 0 Å². The molecule has 2 rings (SSSR count). The molecule has 2 fully saturated rings. The Hall–Kier alpha value is -0.650. The van der Waals surface area contributed by atoms with E-state index in [9.17, 15) is 4.79 Å². The van der Waals surface area contributed by atoms with Gasteiger partial charge in [0.1, 0.15) is 0 Å². The first-order valence-corrected chi connectivity index (χ1v) is 6.93. The molecular weight excluding hydrogens is 230 g/mol. The van der Waals surface area contributed by atoms with Crippen molar-refractivity contribution in [2.75, 3.05) is 46.9 Å². The standard InChI is InChI=1S/C13H25N3O2/c1-15(2)13(17)5-6-14-8-12-9-16-7-3-4-11(16)10-18-12/h11-12,14H,3-10H2,1-2H3. The van der Waals surface area contributed by atoms with Crippen LogP contribution in [-0.2, 0) is 9.53 Å². The highest BCUT2D eigenvalue weighted by Gasteiger charge is 2.31. The average Bonchev–Trinajstić information content (AvgIpc) is 2.81. The molecule has 2 aliphatic heterocycles. The molecule has 0 radical (unpaired) electrons. The summed E-state index contributed by atoms with van der Waals surface area (Å²) in [5.41, 5.74) is 0. The van der Waals surface area contributed by atoms with Gasteiger partial charge >= 0.3 is 0 Å². The Balaban J connectivity index is 1.58. The molecule has 5 nitrogen and oxygen atoms in total. The Bertz CT molecular complexity index is 283. The second kappa shape index (κ2) is 6.50. The largest absolute Gasteiger partial charge is 0.374 e. The number of ether oxygens (including phenoxy) is 1. The van der Waals surface area contributed by atoms with Crippen LogP contribution in [0.5, 0.6) is 0 Å². The Labute approximate surface area is 109 Å². The monoisotopic (exact) mass is 255 g/mol. The van der Waals surface area contributed by atoms with Crippen LogP contribution in [-0.4, -0.2) is 74.7 Å². The summed E-state index contributed by atoms with van der Waals surface area (Å²) in [6.07, 6.45) is 3.45. The minimum atomic E-state index is 0.173. The maximum absolute atomic E-state index is 11.4. The first-order chi connectivity index (χ1) is 8.66. The highest BCUT2D eigenvalue weighted by molar-refractivity contribution is 5.75. The topological polar surface area (TPSA) is 44.8 Å². The highest BCUT2D eigenvalue weighted by Crippen LogP contribution is 2.22. The van der Waals surface area contributed by atoms with Crippen LogP contribution in [0.3, 0.4) is 0 Å². The number of nitrogens with one attached hydrogen (secondary N) is 1. The van der Waals surface area contributed by atoms with Gasteiger partial charge in [-0.2, -0.15) is 0 Å². The summed E-state index contributed by atoms with van der Waals surface area (Å²) in [6, 6.07) is 0.663. The molecular formula is C13H25N3O2. The second-order valence-electron chi connectivity index (χ2n) is 5.49. The van der Waals surface area contributed by atoms with Crippen molar-refractivity contribution in [3.63, 3.8) is 0 Å². The quantitative estimate of drug-likeness (QED) is 0.698. The molecule has 2 saturated heterocycles. The molecule has 2 unspecified atom stereocenters. The minimum Gasteiger partial charge on any atom is -0.374 e. The highest BCUT2D eigenvalue weighted by atomic mass is 16.5. The van der Waals surface area contributed by atoms with Crippen molar-refractivity contribution in [1.82, 2.24) is 15.1 Å². The van der Waals surface area contributed by atoms with E-state index in [4.69, 9.17) is 4.74 Å². The summed E-state index contributed by atoms with van der Waals surface area (Å²) in [4.78, 5) is 15.6. The van der Waals surface area contributed by atoms with Crippen molar-refractivity contribution >= 4 is 5.91 Å². The van der Waals surface area contributed by atoms with Gasteiger partial charge in [-0.3, -0.25) is 9.69 Å². The van der Waals surface area contributed by atoms with Gasteiger partial charge < -0.3 is 15.0 Å². The predicted octanol–water partition coefficient (Wildman–Crippen LogP) is -0.0825. The summed E-state index contributed by atoms with van der Waals surface area (Å²) >= 11 is 0. The maximum Gasteiger partial charge on any atom is 0.223 e. The molecule has 0 bridgehead atoms. The van der Waals surface area contributed by atoms with E-state index in [1.54, 1.807) is 19.0 Å². The number of carbonyl (C=O) groups is 1. The van der Waals surface area contributed by atoms with Gasteiger partial charge in [-0.1, -0.05) is 0 Å². The Morgan fingerprint density at radius 1 is 1.50 bits per heavy atom. The van der Waals surface area contributed by atoms with Crippen molar-refractivity contribution in [2.24, 2.45) is 0 Å². The molecule has 0 saturated carbocycles. The number of fused-ring (bicyclic) bond motifs is 1. The third kappa shape index (κ3) is 3.67. The van der Waals surface area contributed by atoms with Crippen LogP contribution in [0.1, 0.15) is 19.3 Å². The lowest BCUT2D eigenvalue weighted by Gasteiger charge is -2.35. The zero-order chi connectivity index (χ0) is 13.0. The smallest absolute Gasteiger partial charge is 0.223 e. The van der Waals surface area contributed by atoms with E-state index in [2.05, 4.69) is 10.2 Å². The first-order valence-electron chi connectivity index (χ1n) is 6.93. The van der Waals surface area contributed by atoms with E-state index in [1.165, 1.54) is 19.4 Å². The molecule has 0 aromatic carbocycles. The fourth-order valence-corrected chi connectivity index (χ4v) is 2.69. The van der Waals surface area contributed by atoms with Crippen molar-refractivity contribution in [3.8, 4) is 0 Å². The molecule has 2 heterocycles. The summed E-state index contributed by atoms with van der Waals surface area (Å²) in [6.45, 7) is 4.73. The second-order valence-corrected chi connectivity index (χ2v) is 5.49. The van der Waals surface area contributed by atoms with Gasteiger partial charge in [-0.15, -0.1) is 0 Å². The molecule has 0 aliphatic carbocycles. The van der Waals surface area contributed by atoms with Gasteiger partial charge in [0.25, 0.3) is 0 Å². The molecule has 0 spiro atoms. The number of rotatable bonds is 5. The van der Waals surface area contributed by atoms with Crippen LogP contribution >= 0.6 is 0 Å². The van der Waals surface area contributed by atoms with Gasteiger partial charge in [0.2, 0.25) is 5.91 Å². The number of morpholine rings is 1. The van der Waals surface area contributed by atoms with Crippen LogP contribution in [0.4, 0.5) is 0 Å². The fraction of sp³-hybridized carbons (Fsp3) is 0.923.